The summed E-state index contributed by atoms with van der Waals surface area (Å²) in [6.07, 6.45) is 0.666. The normalized spacial score (nSPS) is 20.7. The Bertz CT molecular complexity index is 658. The second-order valence-corrected chi connectivity index (χ2v) is 6.62. The molecule has 24 heavy (non-hydrogen) atoms. The fourth-order valence-corrected chi connectivity index (χ4v) is 3.64. The van der Waals surface area contributed by atoms with E-state index in [0.717, 1.165) is 10.5 Å². The average molecular weight is 371 g/mol. The number of cyclic esters (lactones) is 1. The van der Waals surface area contributed by atoms with Crippen molar-refractivity contribution in [2.24, 2.45) is 0 Å². The van der Waals surface area contributed by atoms with E-state index in [1.165, 1.54) is 0 Å². The summed E-state index contributed by atoms with van der Waals surface area (Å²) in [7, 11) is 0. The lowest BCUT2D eigenvalue weighted by Crippen LogP contribution is -2.42. The number of likely N-dealkylation sites (tertiary alicyclic amines) is 1. The summed E-state index contributed by atoms with van der Waals surface area (Å²) < 4.78 is 4.72. The fourth-order valence-electron chi connectivity index (χ4n) is 3.06. The number of benzene rings is 1. The summed E-state index contributed by atoms with van der Waals surface area (Å²) in [6.45, 7) is 0.640. The maximum Gasteiger partial charge on any atom is 0.417 e. The van der Waals surface area contributed by atoms with E-state index in [-0.39, 0.29) is 30.9 Å². The first-order chi connectivity index (χ1) is 11.5. The molecule has 0 bridgehead atoms. The zero-order valence-electron chi connectivity index (χ0n) is 12.8. The largest absolute Gasteiger partial charge is 0.439 e. The van der Waals surface area contributed by atoms with Crippen molar-refractivity contribution in [3.8, 4) is 0 Å². The van der Waals surface area contributed by atoms with Gasteiger partial charge >= 0.3 is 6.09 Å². The summed E-state index contributed by atoms with van der Waals surface area (Å²) in [5, 5.41) is 1.08. The molecular formula is C16H16Cl2N2O4. The van der Waals surface area contributed by atoms with E-state index in [0.29, 0.717) is 36.0 Å². The van der Waals surface area contributed by atoms with E-state index in [1.54, 1.807) is 23.1 Å². The van der Waals surface area contributed by atoms with Crippen LogP contribution in [-0.4, -0.2) is 53.4 Å². The van der Waals surface area contributed by atoms with Gasteiger partial charge in [0, 0.05) is 29.6 Å². The van der Waals surface area contributed by atoms with Gasteiger partial charge in [0.2, 0.25) is 5.91 Å². The van der Waals surface area contributed by atoms with Crippen molar-refractivity contribution in [1.29, 1.82) is 0 Å². The van der Waals surface area contributed by atoms with Crippen molar-refractivity contribution in [3.05, 3.63) is 33.8 Å². The summed E-state index contributed by atoms with van der Waals surface area (Å²) in [5.74, 6) is -0.393. The molecule has 0 spiro atoms. The number of imide groups is 1. The van der Waals surface area contributed by atoms with Crippen molar-refractivity contribution >= 4 is 41.1 Å². The Morgan fingerprint density at radius 2 is 1.96 bits per heavy atom. The molecule has 3 rings (SSSR count). The lowest BCUT2D eigenvalue weighted by atomic mass is 10.1. The van der Waals surface area contributed by atoms with Gasteiger partial charge in [-0.1, -0.05) is 29.3 Å². The van der Waals surface area contributed by atoms with Gasteiger partial charge in [0.05, 0.1) is 6.04 Å². The highest BCUT2D eigenvalue weighted by molar-refractivity contribution is 6.36. The summed E-state index contributed by atoms with van der Waals surface area (Å²) in [6, 6.07) is 4.93. The van der Waals surface area contributed by atoms with E-state index in [1.807, 2.05) is 0 Å². The van der Waals surface area contributed by atoms with Crippen LogP contribution in [0.1, 0.15) is 18.4 Å². The molecule has 2 saturated heterocycles. The minimum Gasteiger partial charge on any atom is -0.439 e. The Hall–Kier alpha value is -1.79. The zero-order chi connectivity index (χ0) is 17.3. The molecule has 1 aromatic rings. The molecule has 1 unspecified atom stereocenters. The molecule has 0 aromatic heterocycles. The third-order valence-electron chi connectivity index (χ3n) is 4.32. The minimum atomic E-state index is -0.623. The monoisotopic (exact) mass is 370 g/mol. The average Bonchev–Trinajstić information content (AvgIpc) is 3.13. The number of ether oxygens (including phenoxy) is 1. The molecule has 0 aliphatic carbocycles. The molecular weight excluding hydrogens is 355 g/mol. The second-order valence-electron chi connectivity index (χ2n) is 5.80. The van der Waals surface area contributed by atoms with Crippen LogP contribution in [0, 0.1) is 0 Å². The van der Waals surface area contributed by atoms with Crippen LogP contribution in [0.15, 0.2) is 18.2 Å². The zero-order valence-corrected chi connectivity index (χ0v) is 14.3. The summed E-state index contributed by atoms with van der Waals surface area (Å²) in [4.78, 5) is 38.4. The summed E-state index contributed by atoms with van der Waals surface area (Å²) >= 11 is 12.2. The molecule has 6 nitrogen and oxygen atoms in total. The third kappa shape index (κ3) is 3.35. The van der Waals surface area contributed by atoms with Gasteiger partial charge in [-0.15, -0.1) is 0 Å². The predicted octanol–water partition coefficient (Wildman–Crippen LogP) is 2.51. The molecule has 0 N–H and O–H groups in total. The van der Waals surface area contributed by atoms with E-state index < -0.39 is 6.09 Å². The SMILES string of the molecule is O=C(CCc1c(Cl)cccc1Cl)N1CCC(N2C(=O)COC2=O)C1. The van der Waals surface area contributed by atoms with Crippen LogP contribution in [-0.2, 0) is 20.7 Å². The Kier molecular flexibility index (Phi) is 4.96. The van der Waals surface area contributed by atoms with Gasteiger partial charge < -0.3 is 9.64 Å². The number of nitrogens with zero attached hydrogens (tertiary/aromatic N) is 2. The maximum atomic E-state index is 12.4. The number of carbonyl (C=O) groups is 3. The first kappa shape index (κ1) is 17.0. The van der Waals surface area contributed by atoms with Crippen molar-refractivity contribution in [2.45, 2.75) is 25.3 Å². The van der Waals surface area contributed by atoms with E-state index >= 15 is 0 Å². The number of carbonyl (C=O) groups excluding carboxylic acids is 3. The first-order valence-corrected chi connectivity index (χ1v) is 8.42. The lowest BCUT2D eigenvalue weighted by molar-refractivity contribution is -0.131. The van der Waals surface area contributed by atoms with Crippen LogP contribution in [0.4, 0.5) is 4.79 Å². The van der Waals surface area contributed by atoms with Crippen molar-refractivity contribution in [2.75, 3.05) is 19.7 Å². The Labute approximate surface area is 149 Å². The molecule has 1 aromatic carbocycles. The van der Waals surface area contributed by atoms with Crippen LogP contribution < -0.4 is 0 Å². The van der Waals surface area contributed by atoms with Crippen molar-refractivity contribution in [3.63, 3.8) is 0 Å². The minimum absolute atomic E-state index is 0.0477. The molecule has 2 aliphatic heterocycles. The number of rotatable bonds is 4. The van der Waals surface area contributed by atoms with Crippen LogP contribution >= 0.6 is 23.2 Å². The van der Waals surface area contributed by atoms with Crippen LogP contribution in [0.3, 0.4) is 0 Å². The Balaban J connectivity index is 1.57. The van der Waals surface area contributed by atoms with Gasteiger partial charge in [0.15, 0.2) is 6.61 Å². The van der Waals surface area contributed by atoms with Gasteiger partial charge in [0.1, 0.15) is 0 Å². The molecule has 2 heterocycles. The van der Waals surface area contributed by atoms with E-state index in [4.69, 9.17) is 27.9 Å². The number of halogens is 2. The molecule has 0 radical (unpaired) electrons. The second kappa shape index (κ2) is 6.99. The smallest absolute Gasteiger partial charge is 0.417 e. The van der Waals surface area contributed by atoms with Gasteiger partial charge in [0.25, 0.3) is 5.91 Å². The van der Waals surface area contributed by atoms with Gasteiger partial charge in [-0.25, -0.2) is 9.69 Å². The Morgan fingerprint density at radius 1 is 1.25 bits per heavy atom. The predicted molar refractivity (Wildman–Crippen MR) is 88.0 cm³/mol. The van der Waals surface area contributed by atoms with Crippen molar-refractivity contribution in [1.82, 2.24) is 9.80 Å². The van der Waals surface area contributed by atoms with Crippen molar-refractivity contribution < 1.29 is 19.1 Å². The molecule has 2 fully saturated rings. The van der Waals surface area contributed by atoms with E-state index in [9.17, 15) is 14.4 Å². The van der Waals surface area contributed by atoms with Gasteiger partial charge in [-0.2, -0.15) is 0 Å². The fraction of sp³-hybridized carbons (Fsp3) is 0.438. The number of amides is 3. The number of hydrogen-bond acceptors (Lipinski definition) is 4. The van der Waals surface area contributed by atoms with Crippen LogP contribution in [0.2, 0.25) is 10.0 Å². The van der Waals surface area contributed by atoms with Crippen LogP contribution in [0.5, 0.6) is 0 Å². The topological polar surface area (TPSA) is 66.9 Å². The molecule has 2 aliphatic rings. The highest BCUT2D eigenvalue weighted by atomic mass is 35.5. The molecule has 3 amide bonds. The van der Waals surface area contributed by atoms with Gasteiger partial charge in [-0.05, 0) is 30.5 Å². The van der Waals surface area contributed by atoms with E-state index in [2.05, 4.69) is 0 Å². The molecule has 128 valence electrons. The third-order valence-corrected chi connectivity index (χ3v) is 5.02. The van der Waals surface area contributed by atoms with Crippen LogP contribution in [0.25, 0.3) is 0 Å². The standard InChI is InChI=1S/C16H16Cl2N2O4/c17-12-2-1-3-13(18)11(12)4-5-14(21)19-7-6-10(8-19)20-15(22)9-24-16(20)23/h1-3,10H,4-9H2. The molecule has 8 heteroatoms. The molecule has 0 saturated carbocycles. The first-order valence-electron chi connectivity index (χ1n) is 7.67. The lowest BCUT2D eigenvalue weighted by Gasteiger charge is -2.20. The highest BCUT2D eigenvalue weighted by Crippen LogP contribution is 2.26. The Morgan fingerprint density at radius 3 is 2.58 bits per heavy atom. The number of hydrogen-bond donors (Lipinski definition) is 0. The highest BCUT2D eigenvalue weighted by Gasteiger charge is 2.41. The maximum absolute atomic E-state index is 12.4. The van der Waals surface area contributed by atoms with Gasteiger partial charge in [-0.3, -0.25) is 9.59 Å². The summed E-state index contributed by atoms with van der Waals surface area (Å²) in [5.41, 5.74) is 0.753. The quantitative estimate of drug-likeness (QED) is 0.816. The molecule has 1 atom stereocenters.